The summed E-state index contributed by atoms with van der Waals surface area (Å²) in [7, 11) is 0. The summed E-state index contributed by atoms with van der Waals surface area (Å²) in [5.74, 6) is 1.01. The predicted molar refractivity (Wildman–Crippen MR) is 63.1 cm³/mol. The Kier molecular flexibility index (Phi) is 2.51. The van der Waals surface area contributed by atoms with Crippen molar-refractivity contribution in [2.24, 2.45) is 0 Å². The van der Waals surface area contributed by atoms with Crippen molar-refractivity contribution in [2.45, 2.75) is 19.9 Å². The Morgan fingerprint density at radius 1 is 1.33 bits per heavy atom. The van der Waals surface area contributed by atoms with E-state index in [1.165, 1.54) is 6.33 Å². The Morgan fingerprint density at radius 2 is 2.22 bits per heavy atom. The number of aromatic nitrogens is 5. The summed E-state index contributed by atoms with van der Waals surface area (Å²) in [4.78, 5) is 26.2. The summed E-state index contributed by atoms with van der Waals surface area (Å²) in [5, 5.41) is 4.08. The van der Waals surface area contributed by atoms with Gasteiger partial charge in [0.2, 0.25) is 5.95 Å². The fourth-order valence-electron chi connectivity index (χ4n) is 2.01. The van der Waals surface area contributed by atoms with Gasteiger partial charge in [0, 0.05) is 19.3 Å². The van der Waals surface area contributed by atoms with Gasteiger partial charge in [0.25, 0.3) is 5.91 Å². The van der Waals surface area contributed by atoms with E-state index in [0.717, 1.165) is 13.0 Å². The minimum Gasteiger partial charge on any atom is -0.275 e. The van der Waals surface area contributed by atoms with E-state index in [2.05, 4.69) is 20.1 Å². The monoisotopic (exact) mass is 244 g/mol. The molecule has 0 unspecified atom stereocenters. The molecule has 1 amide bonds. The smallest absolute Gasteiger partial charge is 0.275 e. The predicted octanol–water partition coefficient (Wildman–Crippen LogP) is 0.427. The van der Waals surface area contributed by atoms with Gasteiger partial charge in [0.1, 0.15) is 17.8 Å². The minimum absolute atomic E-state index is 0.158. The van der Waals surface area contributed by atoms with Crippen LogP contribution in [0.25, 0.3) is 0 Å². The summed E-state index contributed by atoms with van der Waals surface area (Å²) < 4.78 is 1.73. The second-order valence-electron chi connectivity index (χ2n) is 4.08. The van der Waals surface area contributed by atoms with Crippen LogP contribution in [0.3, 0.4) is 0 Å². The highest BCUT2D eigenvalue weighted by molar-refractivity contribution is 6.03. The molecule has 3 rings (SSSR count). The molecule has 1 aliphatic heterocycles. The zero-order valence-electron chi connectivity index (χ0n) is 9.94. The molecule has 0 fully saturated rings. The summed E-state index contributed by atoms with van der Waals surface area (Å²) in [6.45, 7) is 3.19. The Hall–Kier alpha value is -2.31. The average molecular weight is 244 g/mol. The average Bonchev–Trinajstić information content (AvgIpc) is 2.86. The van der Waals surface area contributed by atoms with E-state index in [9.17, 15) is 4.79 Å². The fourth-order valence-corrected chi connectivity index (χ4v) is 2.01. The number of hydrogen-bond acceptors (Lipinski definition) is 5. The number of fused-ring (bicyclic) bond motifs is 1. The molecule has 0 saturated heterocycles. The number of hydrogen-bond donors (Lipinski definition) is 0. The molecule has 2 aromatic heterocycles. The van der Waals surface area contributed by atoms with Crippen LogP contribution in [-0.2, 0) is 6.54 Å². The van der Waals surface area contributed by atoms with Crippen molar-refractivity contribution in [3.05, 3.63) is 30.1 Å². The van der Waals surface area contributed by atoms with Crippen molar-refractivity contribution in [1.82, 2.24) is 24.7 Å². The lowest BCUT2D eigenvalue weighted by Gasteiger charge is -2.25. The number of amides is 1. The highest BCUT2D eigenvalue weighted by Gasteiger charge is 2.26. The molecule has 7 nitrogen and oxygen atoms in total. The molecule has 0 bridgehead atoms. The van der Waals surface area contributed by atoms with Crippen LogP contribution in [0.2, 0.25) is 0 Å². The lowest BCUT2D eigenvalue weighted by molar-refractivity contribution is 0.0975. The number of rotatable bonds is 1. The van der Waals surface area contributed by atoms with Gasteiger partial charge in [-0.25, -0.2) is 14.6 Å². The Balaban J connectivity index is 1.95. The third-order valence-electron chi connectivity index (χ3n) is 2.83. The van der Waals surface area contributed by atoms with Crippen molar-refractivity contribution in [2.75, 3.05) is 11.4 Å². The van der Waals surface area contributed by atoms with Crippen molar-refractivity contribution >= 4 is 11.9 Å². The molecule has 7 heteroatoms. The maximum atomic E-state index is 12.4. The van der Waals surface area contributed by atoms with Gasteiger partial charge in [0.15, 0.2) is 0 Å². The summed E-state index contributed by atoms with van der Waals surface area (Å²) in [6, 6.07) is 1.62. The van der Waals surface area contributed by atoms with Crippen LogP contribution >= 0.6 is 0 Å². The number of carbonyl (C=O) groups excluding carboxylic acids is 1. The molecular formula is C11H12N6O. The van der Waals surface area contributed by atoms with Crippen LogP contribution in [0.5, 0.6) is 0 Å². The maximum absolute atomic E-state index is 12.4. The summed E-state index contributed by atoms with van der Waals surface area (Å²) in [5.41, 5.74) is 0.388. The Morgan fingerprint density at radius 3 is 3.06 bits per heavy atom. The molecule has 0 N–H and O–H groups in total. The van der Waals surface area contributed by atoms with E-state index in [0.29, 0.717) is 24.0 Å². The fraction of sp³-hybridized carbons (Fsp3) is 0.364. The van der Waals surface area contributed by atoms with E-state index in [1.807, 2.05) is 0 Å². The van der Waals surface area contributed by atoms with Crippen LogP contribution in [0.4, 0.5) is 5.95 Å². The van der Waals surface area contributed by atoms with Crippen LogP contribution < -0.4 is 4.90 Å². The molecule has 0 aliphatic carbocycles. The zero-order chi connectivity index (χ0) is 12.5. The lowest BCUT2D eigenvalue weighted by atomic mass is 10.3. The zero-order valence-corrected chi connectivity index (χ0v) is 9.94. The van der Waals surface area contributed by atoms with Gasteiger partial charge in [-0.2, -0.15) is 10.1 Å². The standard InChI is InChI=1S/C11H12N6O/c1-8-12-4-3-9(15-8)10(18)16-5-2-6-17-11(16)13-7-14-17/h3-4,7H,2,5-6H2,1H3. The molecule has 0 radical (unpaired) electrons. The Bertz CT molecular complexity index is 593. The number of nitrogens with zero attached hydrogens (tertiary/aromatic N) is 6. The van der Waals surface area contributed by atoms with E-state index in [1.54, 1.807) is 28.8 Å². The summed E-state index contributed by atoms with van der Waals surface area (Å²) in [6.07, 6.45) is 3.92. The van der Waals surface area contributed by atoms with Gasteiger partial charge in [-0.1, -0.05) is 0 Å². The third-order valence-corrected chi connectivity index (χ3v) is 2.83. The highest BCUT2D eigenvalue weighted by Crippen LogP contribution is 2.18. The number of anilines is 1. The molecule has 3 heterocycles. The molecule has 0 saturated carbocycles. The largest absolute Gasteiger partial charge is 0.279 e. The maximum Gasteiger partial charge on any atom is 0.279 e. The van der Waals surface area contributed by atoms with Crippen molar-refractivity contribution in [3.8, 4) is 0 Å². The minimum atomic E-state index is -0.158. The number of carbonyl (C=O) groups is 1. The van der Waals surface area contributed by atoms with Gasteiger partial charge in [-0.3, -0.25) is 9.69 Å². The third kappa shape index (κ3) is 1.73. The van der Waals surface area contributed by atoms with Gasteiger partial charge in [-0.05, 0) is 19.4 Å². The number of aryl methyl sites for hydroxylation is 2. The molecular weight excluding hydrogens is 232 g/mol. The molecule has 18 heavy (non-hydrogen) atoms. The normalized spacial score (nSPS) is 14.4. The van der Waals surface area contributed by atoms with E-state index >= 15 is 0 Å². The molecule has 2 aromatic rings. The van der Waals surface area contributed by atoms with Crippen molar-refractivity contribution in [1.29, 1.82) is 0 Å². The SMILES string of the molecule is Cc1nccc(C(=O)N2CCCn3ncnc32)n1. The van der Waals surface area contributed by atoms with Crippen LogP contribution in [0.1, 0.15) is 22.7 Å². The topological polar surface area (TPSA) is 76.8 Å². The van der Waals surface area contributed by atoms with E-state index in [4.69, 9.17) is 0 Å². The van der Waals surface area contributed by atoms with Gasteiger partial charge in [-0.15, -0.1) is 0 Å². The Labute approximate surface area is 103 Å². The second-order valence-corrected chi connectivity index (χ2v) is 4.08. The van der Waals surface area contributed by atoms with Crippen LogP contribution in [-0.4, -0.2) is 37.2 Å². The highest BCUT2D eigenvalue weighted by atomic mass is 16.2. The molecule has 0 atom stereocenters. The summed E-state index contributed by atoms with van der Waals surface area (Å²) >= 11 is 0. The van der Waals surface area contributed by atoms with E-state index in [-0.39, 0.29) is 5.91 Å². The molecule has 1 aliphatic rings. The van der Waals surface area contributed by atoms with Gasteiger partial charge < -0.3 is 0 Å². The van der Waals surface area contributed by atoms with Crippen molar-refractivity contribution in [3.63, 3.8) is 0 Å². The van der Waals surface area contributed by atoms with Crippen LogP contribution in [0, 0.1) is 6.92 Å². The van der Waals surface area contributed by atoms with Gasteiger partial charge in [0.05, 0.1) is 0 Å². The quantitative estimate of drug-likeness (QED) is 0.727. The molecule has 0 spiro atoms. The van der Waals surface area contributed by atoms with Crippen molar-refractivity contribution < 1.29 is 4.79 Å². The van der Waals surface area contributed by atoms with Crippen LogP contribution in [0.15, 0.2) is 18.6 Å². The first kappa shape index (κ1) is 10.8. The van der Waals surface area contributed by atoms with E-state index < -0.39 is 0 Å². The first-order valence-electron chi connectivity index (χ1n) is 5.75. The van der Waals surface area contributed by atoms with Gasteiger partial charge >= 0.3 is 0 Å². The lowest BCUT2D eigenvalue weighted by Crippen LogP contribution is -2.38. The molecule has 0 aromatic carbocycles. The molecule has 92 valence electrons. The first-order valence-corrected chi connectivity index (χ1v) is 5.75. The first-order chi connectivity index (χ1) is 8.75. The second kappa shape index (κ2) is 4.17.